The van der Waals surface area contributed by atoms with Crippen molar-refractivity contribution in [2.24, 2.45) is 5.92 Å². The van der Waals surface area contributed by atoms with Crippen LogP contribution in [0, 0.1) is 5.92 Å². The summed E-state index contributed by atoms with van der Waals surface area (Å²) in [5.41, 5.74) is 1.86. The van der Waals surface area contributed by atoms with Crippen molar-refractivity contribution in [1.29, 1.82) is 0 Å². The molecule has 0 aliphatic heterocycles. The molecule has 1 aliphatic rings. The van der Waals surface area contributed by atoms with E-state index in [9.17, 15) is 9.59 Å². The summed E-state index contributed by atoms with van der Waals surface area (Å²) in [5.74, 6) is 0.524. The van der Waals surface area contributed by atoms with E-state index in [-0.39, 0.29) is 24.3 Å². The second kappa shape index (κ2) is 8.19. The van der Waals surface area contributed by atoms with Crippen LogP contribution in [-0.2, 0) is 20.1 Å². The first-order valence-corrected chi connectivity index (χ1v) is 8.56. The standard InChI is InChI=1S/C16H21NO4S/c1-2-21-14-9-13(14)16(20)17-12-5-3-4-11(8-12)10-22-7-6-15(18)19/h3-5,8,13-14H,2,6-7,9-10H2,1H3,(H,17,20)(H,18,19). The predicted molar refractivity (Wildman–Crippen MR) is 87.0 cm³/mol. The Hall–Kier alpha value is -1.53. The lowest BCUT2D eigenvalue weighted by Gasteiger charge is -2.07. The molecule has 2 unspecified atom stereocenters. The van der Waals surface area contributed by atoms with Crippen LogP contribution in [0.1, 0.15) is 25.3 Å². The molecule has 5 nitrogen and oxygen atoms in total. The van der Waals surface area contributed by atoms with Gasteiger partial charge in [0.15, 0.2) is 0 Å². The molecule has 1 aromatic carbocycles. The zero-order valence-corrected chi connectivity index (χ0v) is 13.4. The van der Waals surface area contributed by atoms with Gasteiger partial charge in [-0.15, -0.1) is 0 Å². The first kappa shape index (κ1) is 16.8. The van der Waals surface area contributed by atoms with Crippen LogP contribution >= 0.6 is 11.8 Å². The molecule has 0 aromatic heterocycles. The fourth-order valence-electron chi connectivity index (χ4n) is 2.17. The van der Waals surface area contributed by atoms with Gasteiger partial charge in [-0.3, -0.25) is 9.59 Å². The molecule has 0 heterocycles. The molecule has 2 N–H and O–H groups in total. The molecule has 120 valence electrons. The highest BCUT2D eigenvalue weighted by Gasteiger charge is 2.43. The molecule has 0 radical (unpaired) electrons. The summed E-state index contributed by atoms with van der Waals surface area (Å²) in [6.07, 6.45) is 1.03. The number of carbonyl (C=O) groups is 2. The van der Waals surface area contributed by atoms with E-state index in [1.54, 1.807) is 11.8 Å². The molecule has 2 atom stereocenters. The van der Waals surface area contributed by atoms with Crippen LogP contribution in [0.3, 0.4) is 0 Å². The number of rotatable bonds is 9. The van der Waals surface area contributed by atoms with E-state index in [0.717, 1.165) is 23.4 Å². The summed E-state index contributed by atoms with van der Waals surface area (Å²) >= 11 is 1.57. The number of hydrogen-bond donors (Lipinski definition) is 2. The third kappa shape index (κ3) is 5.35. The molecule has 1 aliphatic carbocycles. The van der Waals surface area contributed by atoms with E-state index in [2.05, 4.69) is 5.32 Å². The average molecular weight is 323 g/mol. The van der Waals surface area contributed by atoms with E-state index >= 15 is 0 Å². The van der Waals surface area contributed by atoms with Crippen molar-refractivity contribution in [2.45, 2.75) is 31.6 Å². The number of amides is 1. The van der Waals surface area contributed by atoms with E-state index in [4.69, 9.17) is 9.84 Å². The number of thioether (sulfide) groups is 1. The number of carbonyl (C=O) groups excluding carboxylic acids is 1. The monoisotopic (exact) mass is 323 g/mol. The lowest BCUT2D eigenvalue weighted by Crippen LogP contribution is -2.16. The zero-order chi connectivity index (χ0) is 15.9. The lowest BCUT2D eigenvalue weighted by atomic mass is 10.2. The maximum atomic E-state index is 12.0. The molecule has 0 bridgehead atoms. The maximum absolute atomic E-state index is 12.0. The van der Waals surface area contributed by atoms with Gasteiger partial charge in [-0.25, -0.2) is 0 Å². The fourth-order valence-corrected chi connectivity index (χ4v) is 3.05. The second-order valence-electron chi connectivity index (χ2n) is 5.22. The normalized spacial score (nSPS) is 19.7. The number of hydrogen-bond acceptors (Lipinski definition) is 4. The number of nitrogens with one attached hydrogen (secondary N) is 1. The number of benzene rings is 1. The van der Waals surface area contributed by atoms with Gasteiger partial charge in [0.1, 0.15) is 0 Å². The van der Waals surface area contributed by atoms with Crippen molar-refractivity contribution in [3.05, 3.63) is 29.8 Å². The van der Waals surface area contributed by atoms with Gasteiger partial charge in [0.2, 0.25) is 5.91 Å². The van der Waals surface area contributed by atoms with Gasteiger partial charge in [-0.1, -0.05) is 12.1 Å². The molecule has 1 amide bonds. The van der Waals surface area contributed by atoms with Gasteiger partial charge in [-0.2, -0.15) is 11.8 Å². The molecule has 22 heavy (non-hydrogen) atoms. The van der Waals surface area contributed by atoms with Gasteiger partial charge < -0.3 is 15.2 Å². The average Bonchev–Trinajstić information content (AvgIpc) is 3.24. The van der Waals surface area contributed by atoms with Gasteiger partial charge >= 0.3 is 5.97 Å². The Morgan fingerprint density at radius 3 is 3.00 bits per heavy atom. The van der Waals surface area contributed by atoms with Crippen molar-refractivity contribution < 1.29 is 19.4 Å². The fraction of sp³-hybridized carbons (Fsp3) is 0.500. The third-order valence-corrected chi connectivity index (χ3v) is 4.40. The van der Waals surface area contributed by atoms with Gasteiger partial charge in [0, 0.05) is 23.8 Å². The van der Waals surface area contributed by atoms with E-state index < -0.39 is 5.97 Å². The summed E-state index contributed by atoms with van der Waals surface area (Å²) in [4.78, 5) is 22.5. The number of aliphatic carboxylic acids is 1. The van der Waals surface area contributed by atoms with Crippen molar-refractivity contribution in [2.75, 3.05) is 17.7 Å². The molecule has 1 fully saturated rings. The summed E-state index contributed by atoms with van der Waals surface area (Å²) in [6.45, 7) is 2.57. The lowest BCUT2D eigenvalue weighted by molar-refractivity contribution is -0.136. The Bertz CT molecular complexity index is 535. The Morgan fingerprint density at radius 1 is 1.45 bits per heavy atom. The van der Waals surface area contributed by atoms with Crippen molar-refractivity contribution in [3.63, 3.8) is 0 Å². The topological polar surface area (TPSA) is 75.6 Å². The Morgan fingerprint density at radius 2 is 2.27 bits per heavy atom. The molecular formula is C16H21NO4S. The summed E-state index contributed by atoms with van der Waals surface area (Å²) in [7, 11) is 0. The minimum absolute atomic E-state index is 0.00845. The van der Waals surface area contributed by atoms with Crippen LogP contribution in [0.2, 0.25) is 0 Å². The number of carboxylic acid groups (broad SMARTS) is 1. The molecule has 1 aromatic rings. The smallest absolute Gasteiger partial charge is 0.304 e. The SMILES string of the molecule is CCOC1CC1C(=O)Nc1cccc(CSCCC(=O)O)c1. The maximum Gasteiger partial charge on any atom is 0.304 e. The Kier molecular flexibility index (Phi) is 6.27. The summed E-state index contributed by atoms with van der Waals surface area (Å²) in [6, 6.07) is 7.67. The molecule has 1 saturated carbocycles. The number of anilines is 1. The van der Waals surface area contributed by atoms with Crippen LogP contribution in [0.4, 0.5) is 5.69 Å². The highest BCUT2D eigenvalue weighted by atomic mass is 32.2. The summed E-state index contributed by atoms with van der Waals surface area (Å²) in [5, 5.41) is 11.5. The minimum atomic E-state index is -0.776. The second-order valence-corrected chi connectivity index (χ2v) is 6.33. The Balaban J connectivity index is 1.78. The van der Waals surface area contributed by atoms with Crippen LogP contribution in [0.5, 0.6) is 0 Å². The highest BCUT2D eigenvalue weighted by molar-refractivity contribution is 7.98. The quantitative estimate of drug-likeness (QED) is 0.684. The Labute approximate surface area is 134 Å². The van der Waals surface area contributed by atoms with Crippen molar-refractivity contribution in [3.8, 4) is 0 Å². The minimum Gasteiger partial charge on any atom is -0.481 e. The third-order valence-electron chi connectivity index (χ3n) is 3.37. The molecule has 0 spiro atoms. The van der Waals surface area contributed by atoms with E-state index in [1.807, 2.05) is 31.2 Å². The zero-order valence-electron chi connectivity index (χ0n) is 12.6. The van der Waals surface area contributed by atoms with Gasteiger partial charge in [-0.05, 0) is 31.0 Å². The molecule has 2 rings (SSSR count). The van der Waals surface area contributed by atoms with Crippen LogP contribution < -0.4 is 5.32 Å². The van der Waals surface area contributed by atoms with Crippen molar-refractivity contribution >= 4 is 29.3 Å². The number of carboxylic acids is 1. The summed E-state index contributed by atoms with van der Waals surface area (Å²) < 4.78 is 5.42. The van der Waals surface area contributed by atoms with Crippen LogP contribution in [0.25, 0.3) is 0 Å². The predicted octanol–water partition coefficient (Wildman–Crippen LogP) is 2.76. The van der Waals surface area contributed by atoms with Crippen LogP contribution in [0.15, 0.2) is 24.3 Å². The van der Waals surface area contributed by atoms with Gasteiger partial charge in [0.25, 0.3) is 0 Å². The first-order chi connectivity index (χ1) is 10.6. The van der Waals surface area contributed by atoms with Crippen molar-refractivity contribution in [1.82, 2.24) is 0 Å². The van der Waals surface area contributed by atoms with Gasteiger partial charge in [0.05, 0.1) is 18.4 Å². The molecule has 6 heteroatoms. The number of ether oxygens (including phenoxy) is 1. The van der Waals surface area contributed by atoms with Crippen LogP contribution in [-0.4, -0.2) is 35.4 Å². The molecule has 0 saturated heterocycles. The molecular weight excluding hydrogens is 302 g/mol. The first-order valence-electron chi connectivity index (χ1n) is 7.41. The largest absolute Gasteiger partial charge is 0.481 e. The highest BCUT2D eigenvalue weighted by Crippen LogP contribution is 2.34. The van der Waals surface area contributed by atoms with E-state index in [1.165, 1.54) is 0 Å². The van der Waals surface area contributed by atoms with E-state index in [0.29, 0.717) is 12.4 Å².